The Kier molecular flexibility index (Phi) is 3.59. The maximum atomic E-state index is 6.02. The van der Waals surface area contributed by atoms with Crippen molar-refractivity contribution in [3.63, 3.8) is 0 Å². The third kappa shape index (κ3) is 2.42. The van der Waals surface area contributed by atoms with Gasteiger partial charge in [-0.1, -0.05) is 23.7 Å². The molecule has 104 valence electrons. The van der Waals surface area contributed by atoms with Gasteiger partial charge in [0.05, 0.1) is 0 Å². The summed E-state index contributed by atoms with van der Waals surface area (Å²) in [5.74, 6) is 0.617. The summed E-state index contributed by atoms with van der Waals surface area (Å²) in [6.45, 7) is 5.84. The third-order valence-electron chi connectivity index (χ3n) is 5.18. The van der Waals surface area contributed by atoms with Gasteiger partial charge in [0.15, 0.2) is 0 Å². The van der Waals surface area contributed by atoms with Gasteiger partial charge in [-0.25, -0.2) is 0 Å². The van der Waals surface area contributed by atoms with Gasteiger partial charge >= 0.3 is 0 Å². The molecule has 0 aromatic heterocycles. The van der Waals surface area contributed by atoms with Gasteiger partial charge in [-0.2, -0.15) is 0 Å². The van der Waals surface area contributed by atoms with Crippen molar-refractivity contribution in [1.29, 1.82) is 0 Å². The number of hydrogen-bond donors (Lipinski definition) is 1. The number of hydrogen-bond acceptors (Lipinski definition) is 2. The van der Waals surface area contributed by atoms with Crippen molar-refractivity contribution in [3.8, 4) is 0 Å². The third-order valence-corrected chi connectivity index (χ3v) is 5.43. The summed E-state index contributed by atoms with van der Waals surface area (Å²) in [4.78, 5) is 2.52. The molecule has 2 saturated heterocycles. The van der Waals surface area contributed by atoms with Crippen molar-refractivity contribution < 1.29 is 0 Å². The highest BCUT2D eigenvalue weighted by atomic mass is 35.5. The van der Waals surface area contributed by atoms with E-state index in [1.807, 2.05) is 12.1 Å². The zero-order chi connectivity index (χ0) is 13.5. The average molecular weight is 279 g/mol. The molecule has 1 aromatic rings. The first-order valence-corrected chi connectivity index (χ1v) is 7.65. The zero-order valence-electron chi connectivity index (χ0n) is 11.8. The second-order valence-corrected chi connectivity index (χ2v) is 6.83. The van der Waals surface area contributed by atoms with Crippen LogP contribution in [0.4, 0.5) is 0 Å². The summed E-state index contributed by atoms with van der Waals surface area (Å²) in [6.07, 6.45) is 2.60. The van der Waals surface area contributed by atoms with Crippen LogP contribution in [-0.2, 0) is 0 Å². The lowest BCUT2D eigenvalue weighted by Gasteiger charge is -2.42. The van der Waals surface area contributed by atoms with Crippen LogP contribution >= 0.6 is 11.6 Å². The number of benzene rings is 1. The standard InChI is InChI=1S/C16H23ClN2/c1-12-9-16(11-19(12)2)7-8-18-10-15(16)13-3-5-14(17)6-4-13/h3-6,12,15,18H,7-11H2,1-2H3. The first-order chi connectivity index (χ1) is 9.11. The molecule has 2 fully saturated rings. The van der Waals surface area contributed by atoms with E-state index >= 15 is 0 Å². The van der Waals surface area contributed by atoms with E-state index in [1.54, 1.807) is 0 Å². The fourth-order valence-electron chi connectivity index (χ4n) is 4.04. The van der Waals surface area contributed by atoms with E-state index in [1.165, 1.54) is 24.9 Å². The van der Waals surface area contributed by atoms with Gasteiger partial charge in [0.1, 0.15) is 0 Å². The van der Waals surface area contributed by atoms with E-state index in [2.05, 4.69) is 36.3 Å². The summed E-state index contributed by atoms with van der Waals surface area (Å²) in [7, 11) is 2.26. The molecular weight excluding hydrogens is 256 g/mol. The number of likely N-dealkylation sites (tertiary alicyclic amines) is 1. The Hall–Kier alpha value is -0.570. The predicted molar refractivity (Wildman–Crippen MR) is 80.8 cm³/mol. The molecular formula is C16H23ClN2. The highest BCUT2D eigenvalue weighted by Gasteiger charge is 2.47. The van der Waals surface area contributed by atoms with Gasteiger partial charge in [0, 0.05) is 30.1 Å². The molecule has 0 saturated carbocycles. The molecule has 2 aliphatic heterocycles. The van der Waals surface area contributed by atoms with Gasteiger partial charge in [-0.3, -0.25) is 0 Å². The van der Waals surface area contributed by atoms with Crippen LogP contribution in [0.15, 0.2) is 24.3 Å². The first-order valence-electron chi connectivity index (χ1n) is 7.27. The number of nitrogens with zero attached hydrogens (tertiary/aromatic N) is 1. The molecule has 1 aromatic carbocycles. The van der Waals surface area contributed by atoms with Crippen LogP contribution in [0.5, 0.6) is 0 Å². The maximum absolute atomic E-state index is 6.02. The van der Waals surface area contributed by atoms with Gasteiger partial charge in [-0.15, -0.1) is 0 Å². The molecule has 3 rings (SSSR count). The Balaban J connectivity index is 1.91. The van der Waals surface area contributed by atoms with Crippen molar-refractivity contribution in [2.24, 2.45) is 5.41 Å². The fourth-order valence-corrected chi connectivity index (χ4v) is 4.16. The monoisotopic (exact) mass is 278 g/mol. The predicted octanol–water partition coefficient (Wildman–Crippen LogP) is 3.13. The number of halogens is 1. The second kappa shape index (κ2) is 5.08. The minimum absolute atomic E-state index is 0.452. The molecule has 0 amide bonds. The molecule has 2 aliphatic rings. The molecule has 1 N–H and O–H groups in total. The summed E-state index contributed by atoms with van der Waals surface area (Å²) in [5, 5.41) is 4.41. The lowest BCUT2D eigenvalue weighted by atomic mass is 9.67. The molecule has 3 unspecified atom stereocenters. The van der Waals surface area contributed by atoms with Crippen molar-refractivity contribution in [3.05, 3.63) is 34.9 Å². The average Bonchev–Trinajstić information content (AvgIpc) is 2.67. The maximum Gasteiger partial charge on any atom is 0.0406 e. The van der Waals surface area contributed by atoms with Crippen LogP contribution in [0.3, 0.4) is 0 Å². The molecule has 1 spiro atoms. The van der Waals surface area contributed by atoms with Crippen LogP contribution in [-0.4, -0.2) is 37.6 Å². The van der Waals surface area contributed by atoms with Crippen LogP contribution in [0.25, 0.3) is 0 Å². The van der Waals surface area contributed by atoms with E-state index in [4.69, 9.17) is 11.6 Å². The molecule has 0 aliphatic carbocycles. The van der Waals surface area contributed by atoms with E-state index in [-0.39, 0.29) is 0 Å². The van der Waals surface area contributed by atoms with Gasteiger partial charge < -0.3 is 10.2 Å². The largest absolute Gasteiger partial charge is 0.316 e. The van der Waals surface area contributed by atoms with Crippen molar-refractivity contribution >= 4 is 11.6 Å². The van der Waals surface area contributed by atoms with Crippen LogP contribution in [0, 0.1) is 5.41 Å². The smallest absolute Gasteiger partial charge is 0.0406 e. The molecule has 0 bridgehead atoms. The first kappa shape index (κ1) is 13.4. The van der Waals surface area contributed by atoms with E-state index < -0.39 is 0 Å². The molecule has 3 atom stereocenters. The lowest BCUT2D eigenvalue weighted by Crippen LogP contribution is -2.45. The van der Waals surface area contributed by atoms with Crippen LogP contribution < -0.4 is 5.32 Å². The fraction of sp³-hybridized carbons (Fsp3) is 0.625. The summed E-state index contributed by atoms with van der Waals surface area (Å²) >= 11 is 6.02. The van der Waals surface area contributed by atoms with Gasteiger partial charge in [0.2, 0.25) is 0 Å². The van der Waals surface area contributed by atoms with Crippen molar-refractivity contribution in [2.75, 3.05) is 26.7 Å². The van der Waals surface area contributed by atoms with Crippen molar-refractivity contribution in [2.45, 2.75) is 31.7 Å². The zero-order valence-corrected chi connectivity index (χ0v) is 12.6. The molecule has 2 heterocycles. The Morgan fingerprint density at radius 2 is 2.05 bits per heavy atom. The van der Waals surface area contributed by atoms with Gasteiger partial charge in [0.25, 0.3) is 0 Å². The quantitative estimate of drug-likeness (QED) is 0.849. The van der Waals surface area contributed by atoms with Crippen molar-refractivity contribution in [1.82, 2.24) is 10.2 Å². The Bertz CT molecular complexity index is 433. The second-order valence-electron chi connectivity index (χ2n) is 6.39. The van der Waals surface area contributed by atoms with E-state index in [0.717, 1.165) is 18.1 Å². The summed E-state index contributed by atoms with van der Waals surface area (Å²) in [6, 6.07) is 9.19. The normalized spacial score (nSPS) is 35.9. The molecule has 2 nitrogen and oxygen atoms in total. The van der Waals surface area contributed by atoms with E-state index in [9.17, 15) is 0 Å². The lowest BCUT2D eigenvalue weighted by molar-refractivity contribution is 0.170. The highest BCUT2D eigenvalue weighted by molar-refractivity contribution is 6.30. The SMILES string of the molecule is CC1CC2(CCNCC2c2ccc(Cl)cc2)CN1C. The van der Waals surface area contributed by atoms with Gasteiger partial charge in [-0.05, 0) is 56.5 Å². The van der Waals surface area contributed by atoms with Crippen LogP contribution in [0.1, 0.15) is 31.2 Å². The molecule has 0 radical (unpaired) electrons. The molecule has 19 heavy (non-hydrogen) atoms. The van der Waals surface area contributed by atoms with E-state index in [0.29, 0.717) is 17.4 Å². The van der Waals surface area contributed by atoms with Crippen LogP contribution in [0.2, 0.25) is 5.02 Å². The summed E-state index contributed by atoms with van der Waals surface area (Å²) in [5.41, 5.74) is 1.90. The summed E-state index contributed by atoms with van der Waals surface area (Å²) < 4.78 is 0. The minimum atomic E-state index is 0.452. The minimum Gasteiger partial charge on any atom is -0.316 e. The Labute approximate surface area is 121 Å². The topological polar surface area (TPSA) is 15.3 Å². The number of piperidine rings is 1. The number of rotatable bonds is 1. The Morgan fingerprint density at radius 3 is 2.68 bits per heavy atom. The highest BCUT2D eigenvalue weighted by Crippen LogP contribution is 2.49. The Morgan fingerprint density at radius 1 is 1.32 bits per heavy atom. The molecule has 3 heteroatoms. The number of nitrogens with one attached hydrogen (secondary N) is 1.